The summed E-state index contributed by atoms with van der Waals surface area (Å²) in [6.07, 6.45) is -0.711. The van der Waals surface area contributed by atoms with E-state index in [4.69, 9.17) is 4.74 Å². The van der Waals surface area contributed by atoms with Gasteiger partial charge in [-0.3, -0.25) is 29.7 Å². The van der Waals surface area contributed by atoms with E-state index in [2.05, 4.69) is 10.4 Å². The van der Waals surface area contributed by atoms with Gasteiger partial charge in [0.05, 0.1) is 21.6 Å². The molecule has 0 saturated carbocycles. The van der Waals surface area contributed by atoms with Gasteiger partial charge in [-0.1, -0.05) is 0 Å². The molecule has 144 valence electrons. The average molecular weight is 385 g/mol. The number of nitro benzene ring substituents is 1. The Bertz CT molecular complexity index is 856. The lowest BCUT2D eigenvalue weighted by molar-refractivity contribution is -0.385. The molecule has 1 N–H and O–H groups in total. The van der Waals surface area contributed by atoms with E-state index in [1.54, 1.807) is 0 Å². The highest BCUT2D eigenvalue weighted by atomic mass is 19.3. The number of hydrogen-bond acceptors (Lipinski definition) is 7. The zero-order valence-corrected chi connectivity index (χ0v) is 13.6. The molecule has 0 spiro atoms. The Morgan fingerprint density at radius 2 is 1.93 bits per heavy atom. The lowest BCUT2D eigenvalue weighted by Gasteiger charge is -2.09. The van der Waals surface area contributed by atoms with Crippen LogP contribution in [0.15, 0.2) is 30.6 Å². The molecule has 1 aromatic heterocycles. The highest BCUT2D eigenvalue weighted by Gasteiger charge is 2.15. The van der Waals surface area contributed by atoms with Crippen LogP contribution in [0.25, 0.3) is 0 Å². The van der Waals surface area contributed by atoms with E-state index in [9.17, 15) is 33.8 Å². The Morgan fingerprint density at radius 3 is 2.52 bits per heavy atom. The van der Waals surface area contributed by atoms with E-state index < -0.39 is 34.5 Å². The van der Waals surface area contributed by atoms with Crippen molar-refractivity contribution in [1.29, 1.82) is 0 Å². The molecule has 1 heterocycles. The monoisotopic (exact) mass is 385 g/mol. The zero-order valence-electron chi connectivity index (χ0n) is 13.6. The van der Waals surface area contributed by atoms with Crippen molar-refractivity contribution in [3.8, 4) is 5.75 Å². The number of halogens is 2. The molecule has 0 atom stereocenters. The number of nitrogens with zero attached hydrogens (tertiary/aromatic N) is 4. The van der Waals surface area contributed by atoms with Gasteiger partial charge in [-0.2, -0.15) is 5.10 Å². The zero-order chi connectivity index (χ0) is 20.0. The maximum atomic E-state index is 12.2. The number of benzene rings is 1. The van der Waals surface area contributed by atoms with E-state index in [1.807, 2.05) is 0 Å². The van der Waals surface area contributed by atoms with E-state index in [0.29, 0.717) is 0 Å². The molecule has 13 heteroatoms. The molecule has 1 aromatic carbocycles. The van der Waals surface area contributed by atoms with Crippen molar-refractivity contribution in [2.45, 2.75) is 19.4 Å². The molecule has 27 heavy (non-hydrogen) atoms. The molecule has 0 aliphatic heterocycles. The second kappa shape index (κ2) is 8.64. The predicted molar refractivity (Wildman–Crippen MR) is 86.7 cm³/mol. The third-order valence-electron chi connectivity index (χ3n) is 3.16. The molecule has 2 aromatic rings. The van der Waals surface area contributed by atoms with Gasteiger partial charge in [0.15, 0.2) is 0 Å². The molecule has 0 fully saturated rings. The van der Waals surface area contributed by atoms with Crippen LogP contribution < -0.4 is 10.1 Å². The average Bonchev–Trinajstić information content (AvgIpc) is 3.07. The van der Waals surface area contributed by atoms with Crippen LogP contribution >= 0.6 is 0 Å². The summed E-state index contributed by atoms with van der Waals surface area (Å²) >= 11 is 0. The van der Waals surface area contributed by atoms with Crippen molar-refractivity contribution >= 4 is 23.0 Å². The normalized spacial score (nSPS) is 10.6. The Balaban J connectivity index is 2.02. The Morgan fingerprint density at radius 1 is 1.22 bits per heavy atom. The maximum absolute atomic E-state index is 12.2. The van der Waals surface area contributed by atoms with Gasteiger partial charge in [0.25, 0.3) is 12.1 Å². The fourth-order valence-corrected chi connectivity index (χ4v) is 2.01. The second-order valence-corrected chi connectivity index (χ2v) is 5.19. The summed E-state index contributed by atoms with van der Waals surface area (Å²) < 4.78 is 30.4. The standard InChI is InChI=1S/C14H13F2N5O6/c15-13(16)8-27-12-4-9(3-10(5-12)20(23)24)18-14(22)1-2-19-7-11(6-17-19)21(25)26/h3-7,13H,1-2,8H2,(H,18,22). The number of hydrogen-bond donors (Lipinski definition) is 1. The molecule has 11 nitrogen and oxygen atoms in total. The SMILES string of the molecule is O=C(CCn1cc([N+](=O)[O-])cn1)Nc1cc(OCC(F)F)cc([N+](=O)[O-])c1. The van der Waals surface area contributed by atoms with Crippen molar-refractivity contribution < 1.29 is 28.2 Å². The number of rotatable bonds is 9. The molecular formula is C14H13F2N5O6. The summed E-state index contributed by atoms with van der Waals surface area (Å²) in [4.78, 5) is 32.1. The van der Waals surface area contributed by atoms with Crippen LogP contribution in [-0.2, 0) is 11.3 Å². The summed E-state index contributed by atoms with van der Waals surface area (Å²) in [5, 5.41) is 27.6. The topological polar surface area (TPSA) is 142 Å². The van der Waals surface area contributed by atoms with Crippen LogP contribution in [0.4, 0.5) is 25.8 Å². The molecular weight excluding hydrogens is 372 g/mol. The highest BCUT2D eigenvalue weighted by molar-refractivity contribution is 5.91. The van der Waals surface area contributed by atoms with Gasteiger partial charge >= 0.3 is 5.69 Å². The highest BCUT2D eigenvalue weighted by Crippen LogP contribution is 2.26. The van der Waals surface area contributed by atoms with E-state index in [1.165, 1.54) is 10.7 Å². The maximum Gasteiger partial charge on any atom is 0.306 e. The van der Waals surface area contributed by atoms with Crippen molar-refractivity contribution in [3.05, 3.63) is 50.8 Å². The van der Waals surface area contributed by atoms with E-state index in [0.717, 1.165) is 24.5 Å². The number of alkyl halides is 2. The van der Waals surface area contributed by atoms with E-state index in [-0.39, 0.29) is 30.1 Å². The van der Waals surface area contributed by atoms with Gasteiger partial charge in [-0.05, 0) is 0 Å². The molecule has 0 unspecified atom stereocenters. The van der Waals surface area contributed by atoms with E-state index >= 15 is 0 Å². The number of carbonyl (C=O) groups excluding carboxylic acids is 1. The predicted octanol–water partition coefficient (Wildman–Crippen LogP) is 2.37. The van der Waals surface area contributed by atoms with Crippen LogP contribution in [0.3, 0.4) is 0 Å². The van der Waals surface area contributed by atoms with Crippen LogP contribution in [0.2, 0.25) is 0 Å². The minimum Gasteiger partial charge on any atom is -0.487 e. The molecule has 0 aliphatic carbocycles. The van der Waals surface area contributed by atoms with Crippen molar-refractivity contribution in [3.63, 3.8) is 0 Å². The first-order valence-electron chi connectivity index (χ1n) is 7.41. The molecule has 0 aliphatic rings. The number of amides is 1. The Kier molecular flexibility index (Phi) is 6.30. The van der Waals surface area contributed by atoms with Crippen LogP contribution in [0, 0.1) is 20.2 Å². The van der Waals surface area contributed by atoms with Crippen LogP contribution in [-0.4, -0.2) is 38.6 Å². The minimum absolute atomic E-state index is 0.00934. The first-order valence-corrected chi connectivity index (χ1v) is 7.41. The summed E-state index contributed by atoms with van der Waals surface area (Å²) in [6.45, 7) is -0.921. The summed E-state index contributed by atoms with van der Waals surface area (Å²) in [5.41, 5.74) is -0.681. The number of carbonyl (C=O) groups is 1. The van der Waals surface area contributed by atoms with Gasteiger partial charge in [-0.15, -0.1) is 0 Å². The second-order valence-electron chi connectivity index (χ2n) is 5.19. The Labute approximate surface area is 149 Å². The van der Waals surface area contributed by atoms with Crippen molar-refractivity contribution in [2.24, 2.45) is 0 Å². The third kappa shape index (κ3) is 5.98. The first-order chi connectivity index (χ1) is 12.7. The summed E-state index contributed by atoms with van der Waals surface area (Å²) in [7, 11) is 0. The van der Waals surface area contributed by atoms with Gasteiger partial charge in [0, 0.05) is 25.1 Å². The van der Waals surface area contributed by atoms with Crippen molar-refractivity contribution in [1.82, 2.24) is 9.78 Å². The molecule has 0 radical (unpaired) electrons. The largest absolute Gasteiger partial charge is 0.487 e. The fraction of sp³-hybridized carbons (Fsp3) is 0.286. The molecule has 2 rings (SSSR count). The van der Waals surface area contributed by atoms with Crippen molar-refractivity contribution in [2.75, 3.05) is 11.9 Å². The Hall–Kier alpha value is -3.64. The summed E-state index contributed by atoms with van der Waals surface area (Å²) in [5.74, 6) is -0.754. The quantitative estimate of drug-likeness (QED) is 0.515. The van der Waals surface area contributed by atoms with Crippen LogP contribution in [0.1, 0.15) is 6.42 Å². The number of nitrogens with one attached hydrogen (secondary N) is 1. The molecule has 0 bridgehead atoms. The summed E-state index contributed by atoms with van der Waals surface area (Å²) in [6, 6.07) is 3.18. The minimum atomic E-state index is -2.76. The number of aryl methyl sites for hydroxylation is 1. The lowest BCUT2D eigenvalue weighted by Crippen LogP contribution is -2.15. The van der Waals surface area contributed by atoms with Gasteiger partial charge in [0.2, 0.25) is 5.91 Å². The number of non-ortho nitro benzene ring substituents is 1. The number of aromatic nitrogens is 2. The number of ether oxygens (including phenoxy) is 1. The van der Waals surface area contributed by atoms with Gasteiger partial charge in [-0.25, -0.2) is 8.78 Å². The van der Waals surface area contributed by atoms with Gasteiger partial charge in [0.1, 0.15) is 24.8 Å². The lowest BCUT2D eigenvalue weighted by atomic mass is 10.2. The fourth-order valence-electron chi connectivity index (χ4n) is 2.01. The molecule has 1 amide bonds. The number of anilines is 1. The third-order valence-corrected chi connectivity index (χ3v) is 3.16. The first kappa shape index (κ1) is 19.7. The van der Waals surface area contributed by atoms with Gasteiger partial charge < -0.3 is 10.1 Å². The van der Waals surface area contributed by atoms with Crippen LogP contribution in [0.5, 0.6) is 5.75 Å². The molecule has 0 saturated heterocycles. The number of nitro groups is 2. The smallest absolute Gasteiger partial charge is 0.306 e.